The SMILES string of the molecule is CCCC(=O)N1CCC[C@H]1c1nc2ccc3cc4c(cc3c2[nH]1)OCc1cc(-c2cnc(C3CCCN3C(=O)CNC=O)[nH]2)ccc1-4. The minimum atomic E-state index is -0.135. The molecule has 11 heteroatoms. The third-order valence-corrected chi connectivity index (χ3v) is 9.86. The summed E-state index contributed by atoms with van der Waals surface area (Å²) < 4.78 is 6.35. The van der Waals surface area contributed by atoms with Gasteiger partial charge in [0.1, 0.15) is 24.0 Å². The van der Waals surface area contributed by atoms with Gasteiger partial charge in [-0.3, -0.25) is 14.4 Å². The van der Waals surface area contributed by atoms with E-state index in [0.29, 0.717) is 26.0 Å². The molecule has 0 saturated carbocycles. The Morgan fingerprint density at radius 2 is 1.79 bits per heavy atom. The molecule has 2 atom stereocenters. The van der Waals surface area contributed by atoms with Crippen LogP contribution >= 0.6 is 0 Å². The van der Waals surface area contributed by atoms with Crippen molar-refractivity contribution < 1.29 is 19.1 Å². The van der Waals surface area contributed by atoms with Gasteiger partial charge in [-0.05, 0) is 78.4 Å². The van der Waals surface area contributed by atoms with E-state index in [2.05, 4.69) is 62.7 Å². The van der Waals surface area contributed by atoms with Crippen molar-refractivity contribution in [2.24, 2.45) is 0 Å². The monoisotopic (exact) mass is 631 g/mol. The van der Waals surface area contributed by atoms with Gasteiger partial charge in [-0.2, -0.15) is 0 Å². The summed E-state index contributed by atoms with van der Waals surface area (Å²) in [4.78, 5) is 56.5. The lowest BCUT2D eigenvalue weighted by atomic mass is 9.92. The molecule has 0 bridgehead atoms. The topological polar surface area (TPSA) is 136 Å². The zero-order valence-electron chi connectivity index (χ0n) is 26.3. The number of amides is 3. The molecule has 3 aliphatic rings. The fourth-order valence-corrected chi connectivity index (χ4v) is 7.58. The minimum Gasteiger partial charge on any atom is -0.488 e. The number of likely N-dealkylation sites (tertiary alicyclic amines) is 2. The number of ether oxygens (including phenoxy) is 1. The molecule has 0 aliphatic carbocycles. The van der Waals surface area contributed by atoms with E-state index in [4.69, 9.17) is 9.72 Å². The van der Waals surface area contributed by atoms with Crippen LogP contribution in [0.15, 0.2) is 48.7 Å². The fraction of sp³-hybridized carbons (Fsp3) is 0.361. The summed E-state index contributed by atoms with van der Waals surface area (Å²) in [5, 5.41) is 4.61. The first-order valence-corrected chi connectivity index (χ1v) is 16.6. The molecule has 47 heavy (non-hydrogen) atoms. The molecule has 2 saturated heterocycles. The van der Waals surface area contributed by atoms with E-state index in [0.717, 1.165) is 106 Å². The second-order valence-electron chi connectivity index (χ2n) is 12.7. The minimum absolute atomic E-state index is 0.0105. The summed E-state index contributed by atoms with van der Waals surface area (Å²) in [6.45, 7) is 3.91. The molecule has 0 radical (unpaired) electrons. The van der Waals surface area contributed by atoms with Crippen molar-refractivity contribution in [3.8, 4) is 28.1 Å². The molecule has 11 nitrogen and oxygen atoms in total. The highest BCUT2D eigenvalue weighted by Gasteiger charge is 2.33. The molecule has 240 valence electrons. The van der Waals surface area contributed by atoms with E-state index in [1.807, 2.05) is 18.0 Å². The maximum Gasteiger partial charge on any atom is 0.242 e. The number of carbonyl (C=O) groups is 3. The number of hydrogen-bond donors (Lipinski definition) is 3. The Bertz CT molecular complexity index is 2030. The summed E-state index contributed by atoms with van der Waals surface area (Å²) in [5.74, 6) is 2.54. The average molecular weight is 632 g/mol. The van der Waals surface area contributed by atoms with Crippen LogP contribution in [-0.2, 0) is 21.0 Å². The zero-order valence-corrected chi connectivity index (χ0v) is 26.3. The van der Waals surface area contributed by atoms with Gasteiger partial charge in [0.2, 0.25) is 18.2 Å². The van der Waals surface area contributed by atoms with Crippen molar-refractivity contribution >= 4 is 40.0 Å². The number of carbonyl (C=O) groups excluding carboxylic acids is 3. The molecule has 2 fully saturated rings. The average Bonchev–Trinajstić information content (AvgIpc) is 3.91. The highest BCUT2D eigenvalue weighted by Crippen LogP contribution is 2.43. The number of fused-ring (bicyclic) bond motifs is 6. The van der Waals surface area contributed by atoms with Crippen LogP contribution < -0.4 is 10.1 Å². The van der Waals surface area contributed by atoms with Gasteiger partial charge in [-0.15, -0.1) is 0 Å². The summed E-state index contributed by atoms with van der Waals surface area (Å²) in [5.41, 5.74) is 7.01. The van der Waals surface area contributed by atoms with E-state index in [-0.39, 0.29) is 30.4 Å². The predicted molar refractivity (Wildman–Crippen MR) is 177 cm³/mol. The summed E-state index contributed by atoms with van der Waals surface area (Å²) >= 11 is 0. The molecular weight excluding hydrogens is 594 g/mol. The van der Waals surface area contributed by atoms with Crippen molar-refractivity contribution in [3.63, 3.8) is 0 Å². The van der Waals surface area contributed by atoms with Crippen molar-refractivity contribution in [1.29, 1.82) is 0 Å². The smallest absolute Gasteiger partial charge is 0.242 e. The van der Waals surface area contributed by atoms with Gasteiger partial charge in [0.15, 0.2) is 0 Å². The first-order valence-electron chi connectivity index (χ1n) is 16.6. The maximum absolute atomic E-state index is 12.8. The van der Waals surface area contributed by atoms with E-state index in [1.165, 1.54) is 0 Å². The molecule has 5 heterocycles. The lowest BCUT2D eigenvalue weighted by Gasteiger charge is -2.23. The number of imidazole rings is 2. The molecular formula is C36H37N7O4. The Hall–Kier alpha value is -5.19. The normalized spacial score (nSPS) is 18.7. The second-order valence-corrected chi connectivity index (χ2v) is 12.7. The van der Waals surface area contributed by atoms with Crippen LogP contribution in [0.2, 0.25) is 0 Å². The van der Waals surface area contributed by atoms with E-state index in [1.54, 1.807) is 4.90 Å². The van der Waals surface area contributed by atoms with E-state index < -0.39 is 0 Å². The Morgan fingerprint density at radius 3 is 2.60 bits per heavy atom. The van der Waals surface area contributed by atoms with Crippen molar-refractivity contribution in [3.05, 3.63) is 65.9 Å². The largest absolute Gasteiger partial charge is 0.488 e. The quantitative estimate of drug-likeness (QED) is 0.193. The predicted octanol–water partition coefficient (Wildman–Crippen LogP) is 5.54. The molecule has 8 rings (SSSR count). The Balaban J connectivity index is 1.07. The number of nitrogens with zero attached hydrogens (tertiary/aromatic N) is 4. The van der Waals surface area contributed by atoms with Gasteiger partial charge in [0.05, 0.1) is 41.6 Å². The number of rotatable bonds is 8. The highest BCUT2D eigenvalue weighted by molar-refractivity contribution is 6.07. The number of aromatic nitrogens is 4. The molecule has 3 amide bonds. The molecule has 5 aromatic rings. The van der Waals surface area contributed by atoms with Crippen LogP contribution in [0.5, 0.6) is 5.75 Å². The van der Waals surface area contributed by atoms with Crippen molar-refractivity contribution in [2.75, 3.05) is 19.6 Å². The second kappa shape index (κ2) is 11.9. The molecule has 2 aromatic heterocycles. The maximum atomic E-state index is 12.8. The lowest BCUT2D eigenvalue weighted by molar-refractivity contribution is -0.132. The van der Waals surface area contributed by atoms with Crippen LogP contribution in [0.4, 0.5) is 0 Å². The zero-order chi connectivity index (χ0) is 32.1. The number of hydrogen-bond acceptors (Lipinski definition) is 6. The van der Waals surface area contributed by atoms with Crippen LogP contribution in [0.25, 0.3) is 44.2 Å². The van der Waals surface area contributed by atoms with Crippen LogP contribution in [0.3, 0.4) is 0 Å². The lowest BCUT2D eigenvalue weighted by Crippen LogP contribution is -2.37. The van der Waals surface area contributed by atoms with Gasteiger partial charge in [-0.1, -0.05) is 25.1 Å². The Labute approximate surface area is 271 Å². The summed E-state index contributed by atoms with van der Waals surface area (Å²) in [6.07, 6.45) is 7.41. The van der Waals surface area contributed by atoms with Gasteiger partial charge >= 0.3 is 0 Å². The van der Waals surface area contributed by atoms with Crippen LogP contribution in [0.1, 0.15) is 74.7 Å². The van der Waals surface area contributed by atoms with Crippen molar-refractivity contribution in [1.82, 2.24) is 35.1 Å². The first kappa shape index (κ1) is 29.2. The molecule has 3 N–H and O–H groups in total. The first-order chi connectivity index (χ1) is 23.0. The molecule has 3 aromatic carbocycles. The summed E-state index contributed by atoms with van der Waals surface area (Å²) in [6, 6.07) is 14.7. The molecule has 1 unspecified atom stereocenters. The fourth-order valence-electron chi connectivity index (χ4n) is 7.58. The van der Waals surface area contributed by atoms with Crippen molar-refractivity contribution in [2.45, 2.75) is 64.1 Å². The van der Waals surface area contributed by atoms with Gasteiger partial charge < -0.3 is 29.8 Å². The molecule has 3 aliphatic heterocycles. The number of aromatic amines is 2. The van der Waals surface area contributed by atoms with Crippen LogP contribution in [-0.4, -0.2) is 67.6 Å². The standard InChI is InChI=1S/C36H37N7O4/c1-2-5-32(45)42-12-4-7-30(42)36-39-27-11-9-21-15-26-24-10-8-22(14-23(24)19-47-31(26)16-25(21)34(27)41-36)28-17-38-35(40-28)29-6-3-13-43(29)33(46)18-37-20-44/h8-11,14-17,20,29-30H,2-7,12-13,18-19H2,1H3,(H,37,44)(H,38,40)(H,39,41)/t29?,30-/m0/s1. The third kappa shape index (κ3) is 5.10. The highest BCUT2D eigenvalue weighted by atomic mass is 16.5. The van der Waals surface area contributed by atoms with E-state index in [9.17, 15) is 14.4 Å². The summed E-state index contributed by atoms with van der Waals surface area (Å²) in [7, 11) is 0. The van der Waals surface area contributed by atoms with Crippen LogP contribution in [0, 0.1) is 0 Å². The Kier molecular flexibility index (Phi) is 7.38. The number of H-pyrrole nitrogens is 2. The van der Waals surface area contributed by atoms with Gasteiger partial charge in [0.25, 0.3) is 0 Å². The van der Waals surface area contributed by atoms with E-state index >= 15 is 0 Å². The Morgan fingerprint density at radius 1 is 0.979 bits per heavy atom. The van der Waals surface area contributed by atoms with Gasteiger partial charge in [-0.25, -0.2) is 9.97 Å². The third-order valence-electron chi connectivity index (χ3n) is 9.86. The number of benzene rings is 3. The molecule has 0 spiro atoms. The van der Waals surface area contributed by atoms with Gasteiger partial charge in [0, 0.05) is 30.5 Å². The number of nitrogens with one attached hydrogen (secondary N) is 3.